The lowest BCUT2D eigenvalue weighted by atomic mass is 10.0. The maximum atomic E-state index is 13.5. The Hall–Kier alpha value is -1.31. The summed E-state index contributed by atoms with van der Waals surface area (Å²) in [5.74, 6) is -0.974. The van der Waals surface area contributed by atoms with Crippen molar-refractivity contribution >= 4 is 17.5 Å². The molecule has 22 heavy (non-hydrogen) atoms. The summed E-state index contributed by atoms with van der Waals surface area (Å²) in [5, 5.41) is 9.44. The highest BCUT2D eigenvalue weighted by Gasteiger charge is 2.36. The SMILES string of the molecule is C[C@@H](c1cc(F)cc(Cl)c1CO)N1C[C@@H](OC(F)F)CC1=O. The van der Waals surface area contributed by atoms with Crippen LogP contribution in [0.15, 0.2) is 12.1 Å². The van der Waals surface area contributed by atoms with Gasteiger partial charge in [0.1, 0.15) is 5.82 Å². The molecule has 2 rings (SSSR count). The molecule has 0 unspecified atom stereocenters. The fourth-order valence-electron chi connectivity index (χ4n) is 2.64. The van der Waals surface area contributed by atoms with Gasteiger partial charge in [-0.15, -0.1) is 0 Å². The summed E-state index contributed by atoms with van der Waals surface area (Å²) in [6.07, 6.45) is -1.07. The summed E-state index contributed by atoms with van der Waals surface area (Å²) in [7, 11) is 0. The van der Waals surface area contributed by atoms with Gasteiger partial charge in [-0.05, 0) is 24.6 Å². The molecule has 2 atom stereocenters. The number of rotatable bonds is 5. The molecule has 1 N–H and O–H groups in total. The highest BCUT2D eigenvalue weighted by atomic mass is 35.5. The van der Waals surface area contributed by atoms with Gasteiger partial charge in [0.2, 0.25) is 5.91 Å². The van der Waals surface area contributed by atoms with Crippen molar-refractivity contribution in [3.63, 3.8) is 0 Å². The van der Waals surface area contributed by atoms with Gasteiger partial charge < -0.3 is 14.7 Å². The quantitative estimate of drug-likeness (QED) is 0.899. The average Bonchev–Trinajstić information content (AvgIpc) is 2.77. The Morgan fingerprint density at radius 2 is 2.18 bits per heavy atom. The Balaban J connectivity index is 2.25. The number of likely N-dealkylation sites (tertiary alicyclic amines) is 1. The van der Waals surface area contributed by atoms with E-state index in [1.807, 2.05) is 0 Å². The normalized spacial score (nSPS) is 20.0. The summed E-state index contributed by atoms with van der Waals surface area (Å²) in [6.45, 7) is -1.78. The molecule has 1 aromatic rings. The molecule has 1 aliphatic heterocycles. The van der Waals surface area contributed by atoms with E-state index in [-0.39, 0.29) is 23.9 Å². The van der Waals surface area contributed by atoms with Crippen molar-refractivity contribution in [3.05, 3.63) is 34.1 Å². The van der Waals surface area contributed by atoms with E-state index in [0.717, 1.165) is 6.07 Å². The number of halogens is 4. The molecule has 0 aliphatic carbocycles. The van der Waals surface area contributed by atoms with Gasteiger partial charge in [-0.25, -0.2) is 4.39 Å². The van der Waals surface area contributed by atoms with Gasteiger partial charge in [0.15, 0.2) is 0 Å². The Kier molecular flexibility index (Phi) is 5.31. The number of amides is 1. The zero-order chi connectivity index (χ0) is 16.4. The topological polar surface area (TPSA) is 49.8 Å². The minimum atomic E-state index is -2.95. The lowest BCUT2D eigenvalue weighted by Gasteiger charge is -2.27. The van der Waals surface area contributed by atoms with Crippen LogP contribution in [0, 0.1) is 5.82 Å². The van der Waals surface area contributed by atoms with Crippen LogP contribution in [0.4, 0.5) is 13.2 Å². The molecule has 1 fully saturated rings. The summed E-state index contributed by atoms with van der Waals surface area (Å²) in [4.78, 5) is 13.3. The van der Waals surface area contributed by atoms with Gasteiger partial charge in [0.25, 0.3) is 0 Å². The lowest BCUT2D eigenvalue weighted by Crippen LogP contribution is -2.30. The molecule has 1 aromatic carbocycles. The largest absolute Gasteiger partial charge is 0.392 e. The average molecular weight is 338 g/mol. The molecule has 0 radical (unpaired) electrons. The van der Waals surface area contributed by atoms with Crippen molar-refractivity contribution in [3.8, 4) is 0 Å². The third kappa shape index (κ3) is 3.53. The molecule has 122 valence electrons. The fourth-order valence-corrected chi connectivity index (χ4v) is 2.91. The number of hydrogen-bond acceptors (Lipinski definition) is 3. The van der Waals surface area contributed by atoms with Gasteiger partial charge in [-0.2, -0.15) is 8.78 Å². The molecule has 0 saturated carbocycles. The van der Waals surface area contributed by atoms with Crippen LogP contribution < -0.4 is 0 Å². The highest BCUT2D eigenvalue weighted by molar-refractivity contribution is 6.31. The van der Waals surface area contributed by atoms with Gasteiger partial charge in [0, 0.05) is 17.1 Å². The van der Waals surface area contributed by atoms with Crippen molar-refractivity contribution in [2.45, 2.75) is 38.7 Å². The molecule has 4 nitrogen and oxygen atoms in total. The number of carbonyl (C=O) groups is 1. The molecule has 1 amide bonds. The van der Waals surface area contributed by atoms with Crippen molar-refractivity contribution in [1.29, 1.82) is 0 Å². The highest BCUT2D eigenvalue weighted by Crippen LogP contribution is 2.33. The maximum Gasteiger partial charge on any atom is 0.345 e. The Morgan fingerprint density at radius 3 is 2.77 bits per heavy atom. The first-order chi connectivity index (χ1) is 10.3. The molecule has 1 heterocycles. The van der Waals surface area contributed by atoms with Gasteiger partial charge in [-0.1, -0.05) is 11.6 Å². The number of benzene rings is 1. The molecular weight excluding hydrogens is 323 g/mol. The van der Waals surface area contributed by atoms with Crippen molar-refractivity contribution in [2.24, 2.45) is 0 Å². The lowest BCUT2D eigenvalue weighted by molar-refractivity contribution is -0.159. The van der Waals surface area contributed by atoms with Crippen molar-refractivity contribution < 1.29 is 27.8 Å². The van der Waals surface area contributed by atoms with E-state index in [4.69, 9.17) is 11.6 Å². The van der Waals surface area contributed by atoms with E-state index in [9.17, 15) is 23.1 Å². The van der Waals surface area contributed by atoms with Crippen LogP contribution in [-0.4, -0.2) is 35.2 Å². The second-order valence-electron chi connectivity index (χ2n) is 5.06. The molecule has 8 heteroatoms. The standard InChI is InChI=1S/C14H15ClF3NO3/c1-7(10-2-8(16)3-12(15)11(10)6-20)19-5-9(4-13(19)21)22-14(17)18/h2-3,7,9,14,20H,4-6H2,1H3/t7-,9-/m0/s1. The third-order valence-electron chi connectivity index (χ3n) is 3.69. The monoisotopic (exact) mass is 337 g/mol. The molecule has 0 bridgehead atoms. The summed E-state index contributed by atoms with van der Waals surface area (Å²) in [5.41, 5.74) is 0.653. The number of ether oxygens (including phenoxy) is 1. The smallest absolute Gasteiger partial charge is 0.345 e. The number of carbonyl (C=O) groups excluding carboxylic acids is 1. The van der Waals surface area contributed by atoms with Crippen LogP contribution in [0.3, 0.4) is 0 Å². The van der Waals surface area contributed by atoms with Crippen LogP contribution in [0.2, 0.25) is 5.02 Å². The Bertz CT molecular complexity index is 571. The van der Waals surface area contributed by atoms with E-state index >= 15 is 0 Å². The minimum Gasteiger partial charge on any atom is -0.392 e. The van der Waals surface area contributed by atoms with Crippen LogP contribution >= 0.6 is 11.6 Å². The van der Waals surface area contributed by atoms with Crippen molar-refractivity contribution in [2.75, 3.05) is 6.54 Å². The predicted molar refractivity (Wildman–Crippen MR) is 73.0 cm³/mol. The van der Waals surface area contributed by atoms with E-state index in [1.54, 1.807) is 6.92 Å². The molecule has 1 saturated heterocycles. The number of aliphatic hydroxyl groups excluding tert-OH is 1. The van der Waals surface area contributed by atoms with E-state index in [2.05, 4.69) is 4.74 Å². The first-order valence-corrected chi connectivity index (χ1v) is 7.03. The number of hydrogen-bond donors (Lipinski definition) is 1. The summed E-state index contributed by atoms with van der Waals surface area (Å²) in [6, 6.07) is 1.63. The van der Waals surface area contributed by atoms with Crippen molar-refractivity contribution in [1.82, 2.24) is 4.90 Å². The van der Waals surface area contributed by atoms with E-state index in [0.29, 0.717) is 11.1 Å². The predicted octanol–water partition coefficient (Wildman–Crippen LogP) is 2.87. The van der Waals surface area contributed by atoms with Gasteiger partial charge in [0.05, 0.1) is 25.2 Å². The molecule has 1 aliphatic rings. The summed E-state index contributed by atoms with van der Waals surface area (Å²) >= 11 is 5.89. The number of alkyl halides is 2. The van der Waals surface area contributed by atoms with Crippen LogP contribution in [0.25, 0.3) is 0 Å². The number of aliphatic hydroxyl groups is 1. The van der Waals surface area contributed by atoms with Crippen LogP contribution in [0.1, 0.15) is 30.5 Å². The molecule has 0 aromatic heterocycles. The van der Waals surface area contributed by atoms with E-state index in [1.165, 1.54) is 11.0 Å². The second-order valence-corrected chi connectivity index (χ2v) is 5.47. The fraction of sp³-hybridized carbons (Fsp3) is 0.500. The maximum absolute atomic E-state index is 13.5. The number of nitrogens with zero attached hydrogens (tertiary/aromatic N) is 1. The molecule has 0 spiro atoms. The minimum absolute atomic E-state index is 0.0245. The van der Waals surface area contributed by atoms with E-state index < -0.39 is 31.2 Å². The zero-order valence-corrected chi connectivity index (χ0v) is 12.5. The Labute approximate surface area is 130 Å². The van der Waals surface area contributed by atoms with Gasteiger partial charge in [-0.3, -0.25) is 4.79 Å². The van der Waals surface area contributed by atoms with Crippen LogP contribution in [-0.2, 0) is 16.1 Å². The summed E-state index contributed by atoms with van der Waals surface area (Å²) < 4.78 is 42.4. The molecular formula is C14H15ClF3NO3. The Morgan fingerprint density at radius 1 is 1.50 bits per heavy atom. The third-order valence-corrected chi connectivity index (χ3v) is 4.03. The first kappa shape index (κ1) is 17.1. The van der Waals surface area contributed by atoms with Crippen LogP contribution in [0.5, 0.6) is 0 Å². The first-order valence-electron chi connectivity index (χ1n) is 6.65. The zero-order valence-electron chi connectivity index (χ0n) is 11.7. The second kappa shape index (κ2) is 6.85. The van der Waals surface area contributed by atoms with Gasteiger partial charge >= 0.3 is 6.61 Å².